The topological polar surface area (TPSA) is 111 Å². The summed E-state index contributed by atoms with van der Waals surface area (Å²) in [5.74, 6) is -0.336. The van der Waals surface area contributed by atoms with Crippen molar-refractivity contribution >= 4 is 33.3 Å². The lowest BCUT2D eigenvalue weighted by atomic mass is 10.1. The number of ether oxygens (including phenoxy) is 2. The van der Waals surface area contributed by atoms with Crippen LogP contribution in [-0.4, -0.2) is 34.0 Å². The Hall–Kier alpha value is -3.85. The summed E-state index contributed by atoms with van der Waals surface area (Å²) in [7, 11) is -2.51. The molecule has 0 saturated heterocycles. The van der Waals surface area contributed by atoms with Gasteiger partial charge in [-0.15, -0.1) is 0 Å². The van der Waals surface area contributed by atoms with Crippen LogP contribution in [0.3, 0.4) is 0 Å². The minimum atomic E-state index is -3.79. The molecular formula is C23H22N2O6S. The third-order valence-electron chi connectivity index (χ3n) is 4.39. The van der Waals surface area contributed by atoms with Gasteiger partial charge < -0.3 is 14.8 Å². The highest BCUT2D eigenvalue weighted by Crippen LogP contribution is 2.20. The first kappa shape index (κ1) is 22.8. The monoisotopic (exact) mass is 454 g/mol. The van der Waals surface area contributed by atoms with Crippen molar-refractivity contribution in [3.63, 3.8) is 0 Å². The predicted molar refractivity (Wildman–Crippen MR) is 121 cm³/mol. The number of hydrogen-bond acceptors (Lipinski definition) is 6. The number of carbonyl (C=O) groups excluding carboxylic acids is 2. The van der Waals surface area contributed by atoms with Gasteiger partial charge in [0, 0.05) is 16.9 Å². The maximum atomic E-state index is 12.6. The highest BCUT2D eigenvalue weighted by Gasteiger charge is 2.15. The van der Waals surface area contributed by atoms with Gasteiger partial charge in [-0.3, -0.25) is 9.52 Å². The van der Waals surface area contributed by atoms with Crippen LogP contribution in [0, 0.1) is 0 Å². The van der Waals surface area contributed by atoms with Crippen molar-refractivity contribution in [1.29, 1.82) is 0 Å². The number of sulfonamides is 1. The smallest absolute Gasteiger partial charge is 0.337 e. The van der Waals surface area contributed by atoms with Crippen molar-refractivity contribution in [1.82, 2.24) is 0 Å². The van der Waals surface area contributed by atoms with Gasteiger partial charge in [0.05, 0.1) is 24.2 Å². The van der Waals surface area contributed by atoms with E-state index in [4.69, 9.17) is 4.74 Å². The Balaban J connectivity index is 1.68. The number of anilines is 2. The second-order valence-corrected chi connectivity index (χ2v) is 8.30. The molecule has 3 rings (SSSR count). The Morgan fingerprint density at radius 1 is 0.875 bits per heavy atom. The van der Waals surface area contributed by atoms with Crippen LogP contribution in [0.4, 0.5) is 11.4 Å². The summed E-state index contributed by atoms with van der Waals surface area (Å²) in [6.07, 6.45) is 0. The average molecular weight is 455 g/mol. The molecule has 0 saturated carbocycles. The van der Waals surface area contributed by atoms with Crippen LogP contribution in [0.1, 0.15) is 27.6 Å². The van der Waals surface area contributed by atoms with Crippen molar-refractivity contribution in [2.24, 2.45) is 0 Å². The lowest BCUT2D eigenvalue weighted by molar-refractivity contribution is 0.0600. The van der Waals surface area contributed by atoms with Gasteiger partial charge in [-0.25, -0.2) is 13.2 Å². The van der Waals surface area contributed by atoms with Gasteiger partial charge >= 0.3 is 5.97 Å². The number of esters is 1. The summed E-state index contributed by atoms with van der Waals surface area (Å²) in [5, 5.41) is 2.69. The van der Waals surface area contributed by atoms with Crippen molar-refractivity contribution < 1.29 is 27.5 Å². The second kappa shape index (κ2) is 9.97. The Morgan fingerprint density at radius 3 is 2.19 bits per heavy atom. The molecule has 8 nitrogen and oxygen atoms in total. The van der Waals surface area contributed by atoms with Crippen LogP contribution < -0.4 is 14.8 Å². The molecular weight excluding hydrogens is 432 g/mol. The molecule has 32 heavy (non-hydrogen) atoms. The maximum absolute atomic E-state index is 12.6. The van der Waals surface area contributed by atoms with E-state index in [1.54, 1.807) is 30.3 Å². The molecule has 0 heterocycles. The van der Waals surface area contributed by atoms with Gasteiger partial charge in [0.2, 0.25) is 0 Å². The highest BCUT2D eigenvalue weighted by atomic mass is 32.2. The van der Waals surface area contributed by atoms with E-state index in [0.717, 1.165) is 0 Å². The molecule has 0 aliphatic carbocycles. The van der Waals surface area contributed by atoms with Gasteiger partial charge in [-0.1, -0.05) is 6.07 Å². The Kier molecular flexibility index (Phi) is 7.11. The number of hydrogen-bond donors (Lipinski definition) is 2. The first-order valence-electron chi connectivity index (χ1n) is 9.68. The summed E-state index contributed by atoms with van der Waals surface area (Å²) in [5.41, 5.74) is 1.36. The average Bonchev–Trinajstić information content (AvgIpc) is 2.79. The summed E-state index contributed by atoms with van der Waals surface area (Å²) >= 11 is 0. The molecule has 3 aromatic carbocycles. The van der Waals surface area contributed by atoms with E-state index in [1.807, 2.05) is 6.92 Å². The molecule has 0 bridgehead atoms. The molecule has 0 spiro atoms. The van der Waals surface area contributed by atoms with Crippen LogP contribution in [-0.2, 0) is 14.8 Å². The molecule has 0 fully saturated rings. The van der Waals surface area contributed by atoms with E-state index < -0.39 is 21.9 Å². The zero-order chi connectivity index (χ0) is 23.1. The Morgan fingerprint density at radius 2 is 1.56 bits per heavy atom. The molecule has 1 amide bonds. The fourth-order valence-corrected chi connectivity index (χ4v) is 3.89. The number of amides is 1. The number of benzene rings is 3. The molecule has 0 aliphatic rings. The van der Waals surface area contributed by atoms with Gasteiger partial charge in [0.15, 0.2) is 0 Å². The predicted octanol–water partition coefficient (Wildman–Crippen LogP) is 3.93. The fraction of sp³-hybridized carbons (Fsp3) is 0.130. The third kappa shape index (κ3) is 5.64. The SMILES string of the molecule is CCOc1ccc(S(=O)(=O)Nc2ccc(C(=O)Nc3cccc(C(=O)OC)c3)cc2)cc1. The van der Waals surface area contributed by atoms with E-state index in [1.165, 1.54) is 49.6 Å². The summed E-state index contributed by atoms with van der Waals surface area (Å²) in [6, 6.07) is 18.4. The lowest BCUT2D eigenvalue weighted by Gasteiger charge is -2.10. The molecule has 0 aromatic heterocycles. The molecule has 3 aromatic rings. The van der Waals surface area contributed by atoms with Crippen molar-refractivity contribution in [3.8, 4) is 5.75 Å². The number of rotatable bonds is 8. The number of carbonyl (C=O) groups is 2. The molecule has 166 valence electrons. The molecule has 2 N–H and O–H groups in total. The zero-order valence-corrected chi connectivity index (χ0v) is 18.3. The van der Waals surface area contributed by atoms with E-state index in [-0.39, 0.29) is 4.90 Å². The summed E-state index contributed by atoms with van der Waals surface area (Å²) in [6.45, 7) is 2.33. The van der Waals surface area contributed by atoms with Crippen LogP contribution >= 0.6 is 0 Å². The minimum absolute atomic E-state index is 0.0910. The number of nitrogens with one attached hydrogen (secondary N) is 2. The normalized spacial score (nSPS) is 10.8. The van der Waals surface area contributed by atoms with E-state index in [0.29, 0.717) is 34.9 Å². The van der Waals surface area contributed by atoms with E-state index in [2.05, 4.69) is 14.8 Å². The van der Waals surface area contributed by atoms with E-state index >= 15 is 0 Å². The molecule has 0 unspecified atom stereocenters. The highest BCUT2D eigenvalue weighted by molar-refractivity contribution is 7.92. The minimum Gasteiger partial charge on any atom is -0.494 e. The molecule has 0 aliphatic heterocycles. The van der Waals surface area contributed by atoms with Crippen molar-refractivity contribution in [3.05, 3.63) is 83.9 Å². The van der Waals surface area contributed by atoms with Crippen LogP contribution in [0.25, 0.3) is 0 Å². The number of methoxy groups -OCH3 is 1. The molecule has 9 heteroatoms. The van der Waals surface area contributed by atoms with Gasteiger partial charge in [-0.2, -0.15) is 0 Å². The summed E-state index contributed by atoms with van der Waals surface area (Å²) in [4.78, 5) is 24.2. The lowest BCUT2D eigenvalue weighted by Crippen LogP contribution is -2.14. The second-order valence-electron chi connectivity index (χ2n) is 6.61. The third-order valence-corrected chi connectivity index (χ3v) is 5.78. The zero-order valence-electron chi connectivity index (χ0n) is 17.5. The van der Waals surface area contributed by atoms with Crippen LogP contribution in [0.15, 0.2) is 77.7 Å². The first-order chi connectivity index (χ1) is 15.3. The fourth-order valence-electron chi connectivity index (χ4n) is 2.83. The molecule has 0 atom stereocenters. The van der Waals surface area contributed by atoms with E-state index in [9.17, 15) is 18.0 Å². The maximum Gasteiger partial charge on any atom is 0.337 e. The van der Waals surface area contributed by atoms with Gasteiger partial charge in [0.1, 0.15) is 5.75 Å². The summed E-state index contributed by atoms with van der Waals surface area (Å²) < 4.78 is 37.6. The first-order valence-corrected chi connectivity index (χ1v) is 11.2. The standard InChI is InChI=1S/C23H22N2O6S/c1-3-31-20-11-13-21(14-12-20)32(28,29)25-18-9-7-16(8-10-18)22(26)24-19-6-4-5-17(15-19)23(27)30-2/h4-15,25H,3H2,1-2H3,(H,24,26). The Labute approximate surface area is 186 Å². The molecule has 0 radical (unpaired) electrons. The van der Waals surface area contributed by atoms with Crippen molar-refractivity contribution in [2.75, 3.05) is 23.8 Å². The van der Waals surface area contributed by atoms with Crippen LogP contribution in [0.5, 0.6) is 5.75 Å². The Bertz CT molecular complexity index is 1210. The quantitative estimate of drug-likeness (QED) is 0.499. The van der Waals surface area contributed by atoms with Crippen molar-refractivity contribution in [2.45, 2.75) is 11.8 Å². The van der Waals surface area contributed by atoms with Gasteiger partial charge in [-0.05, 0) is 73.7 Å². The largest absolute Gasteiger partial charge is 0.494 e. The van der Waals surface area contributed by atoms with Gasteiger partial charge in [0.25, 0.3) is 15.9 Å². The van der Waals surface area contributed by atoms with Crippen LogP contribution in [0.2, 0.25) is 0 Å².